The number of fused-ring (bicyclic) bond motifs is 4. The standard InChI is InChI=1S/C40H39GeN2S.C14H16GeN.Ir/c1-25(2)32-22-29(27-13-9-8-10-14-27)23-33(26(3)4)39(32)43-36-16-12-11-15-35(36)42-40(43)28-17-20-37-34(21-28)31-19-18-30(41(5,6)7)24-38(31)44-37;1-15(2,3)13-9-10-16-14(11-13)12-7-5-4-6-8-12;/h8-16,18-26H,1-7H3;4-7,9-11H,1-3H3;/q2*-1;. The molecule has 0 saturated carbocycles. The molecule has 9 aromatic rings. The Morgan fingerprint density at radius 2 is 1.25 bits per heavy atom. The third kappa shape index (κ3) is 9.48. The van der Waals surface area contributed by atoms with Crippen LogP contribution >= 0.6 is 11.3 Å². The summed E-state index contributed by atoms with van der Waals surface area (Å²) in [5, 5.41) is 2.62. The van der Waals surface area contributed by atoms with Crippen molar-refractivity contribution in [1.82, 2.24) is 14.5 Å². The second-order valence-corrected chi connectivity index (χ2v) is 41.0. The van der Waals surface area contributed by atoms with Crippen LogP contribution in [0.25, 0.3) is 70.7 Å². The first-order valence-corrected chi connectivity index (χ1v) is 36.7. The summed E-state index contributed by atoms with van der Waals surface area (Å²) in [5.74, 6) is 16.2. The summed E-state index contributed by atoms with van der Waals surface area (Å²) in [4.78, 5) is 9.72. The van der Waals surface area contributed by atoms with Gasteiger partial charge in [-0.25, -0.2) is 0 Å². The van der Waals surface area contributed by atoms with E-state index in [1.807, 2.05) is 35.7 Å². The summed E-state index contributed by atoms with van der Waals surface area (Å²) in [7, 11) is 0. The van der Waals surface area contributed by atoms with E-state index in [0.29, 0.717) is 11.8 Å². The van der Waals surface area contributed by atoms with Gasteiger partial charge in [-0.3, -0.25) is 0 Å². The average molecular weight is 1120 g/mol. The van der Waals surface area contributed by atoms with Crippen molar-refractivity contribution in [2.75, 3.05) is 0 Å². The van der Waals surface area contributed by atoms with Crippen molar-refractivity contribution in [3.63, 3.8) is 0 Å². The number of hydrogen-bond acceptors (Lipinski definition) is 3. The number of thiophene rings is 1. The summed E-state index contributed by atoms with van der Waals surface area (Å²) < 4.78 is 8.12. The number of para-hydroxylation sites is 2. The molecule has 1 radical (unpaired) electrons. The van der Waals surface area contributed by atoms with Crippen LogP contribution in [0.3, 0.4) is 0 Å². The molecule has 3 heterocycles. The van der Waals surface area contributed by atoms with Gasteiger partial charge in [-0.15, -0.1) is 0 Å². The smallest absolute Gasteiger partial charge is 0 e. The maximum Gasteiger partial charge on any atom is 0 e. The van der Waals surface area contributed by atoms with Gasteiger partial charge in [0, 0.05) is 20.1 Å². The molecule has 0 N–H and O–H groups in total. The van der Waals surface area contributed by atoms with Crippen LogP contribution in [-0.2, 0) is 20.1 Å². The first-order chi connectivity index (χ1) is 28.7. The number of aromatic nitrogens is 3. The number of imidazole rings is 1. The van der Waals surface area contributed by atoms with Gasteiger partial charge in [-0.05, 0) is 11.1 Å². The van der Waals surface area contributed by atoms with E-state index in [2.05, 4.69) is 199 Å². The fourth-order valence-corrected chi connectivity index (χ4v) is 14.1. The number of pyridine rings is 1. The van der Waals surface area contributed by atoms with Crippen LogP contribution in [0.1, 0.15) is 50.7 Å². The topological polar surface area (TPSA) is 30.7 Å². The predicted molar refractivity (Wildman–Crippen MR) is 266 cm³/mol. The van der Waals surface area contributed by atoms with Gasteiger partial charge in [-0.1, -0.05) is 58.0 Å². The van der Waals surface area contributed by atoms with Gasteiger partial charge in [0.05, 0.1) is 0 Å². The summed E-state index contributed by atoms with van der Waals surface area (Å²) in [5.41, 5.74) is 11.7. The van der Waals surface area contributed by atoms with E-state index in [1.165, 1.54) is 52.5 Å². The Bertz CT molecular complexity index is 2930. The molecule has 0 fully saturated rings. The first-order valence-electron chi connectivity index (χ1n) is 21.2. The molecule has 7 heteroatoms. The van der Waals surface area contributed by atoms with E-state index in [1.54, 1.807) is 4.40 Å². The van der Waals surface area contributed by atoms with Gasteiger partial charge in [0.1, 0.15) is 0 Å². The molecule has 311 valence electrons. The van der Waals surface area contributed by atoms with Crippen LogP contribution in [0.5, 0.6) is 0 Å². The molecule has 0 aliphatic heterocycles. The number of hydrogen-bond donors (Lipinski definition) is 0. The molecule has 0 saturated heterocycles. The third-order valence-corrected chi connectivity index (χ3v) is 21.1. The fraction of sp³-hybridized carbons (Fsp3) is 0.222. The fourth-order valence-electron chi connectivity index (χ4n) is 7.96. The molecule has 0 amide bonds. The monoisotopic (exact) mass is 1120 g/mol. The Labute approximate surface area is 385 Å². The molecule has 3 nitrogen and oxygen atoms in total. The zero-order valence-corrected chi connectivity index (χ0v) is 44.4. The van der Waals surface area contributed by atoms with E-state index in [0.717, 1.165) is 33.7 Å². The van der Waals surface area contributed by atoms with E-state index in [4.69, 9.17) is 4.98 Å². The second kappa shape index (κ2) is 18.3. The third-order valence-electron chi connectivity index (χ3n) is 11.4. The van der Waals surface area contributed by atoms with E-state index in [9.17, 15) is 0 Å². The van der Waals surface area contributed by atoms with Gasteiger partial charge in [-0.2, -0.15) is 0 Å². The number of rotatable bonds is 8. The van der Waals surface area contributed by atoms with Gasteiger partial charge < -0.3 is 0 Å². The van der Waals surface area contributed by atoms with Gasteiger partial charge in [0.2, 0.25) is 0 Å². The van der Waals surface area contributed by atoms with Crippen molar-refractivity contribution in [1.29, 1.82) is 0 Å². The largest absolute Gasteiger partial charge is 0 e. The average Bonchev–Trinajstić information content (AvgIpc) is 3.81. The molecular formula is C54H55Ge2IrN3S-2. The maximum absolute atomic E-state index is 5.30. The van der Waals surface area contributed by atoms with Crippen molar-refractivity contribution < 1.29 is 20.1 Å². The summed E-state index contributed by atoms with van der Waals surface area (Å²) >= 11 is -1.79. The summed E-state index contributed by atoms with van der Waals surface area (Å²) in [6.45, 7) is 9.23. The minimum atomic E-state index is -1.93. The van der Waals surface area contributed by atoms with Crippen molar-refractivity contribution in [3.05, 3.63) is 163 Å². The Balaban J connectivity index is 0.000000278. The summed E-state index contributed by atoms with van der Waals surface area (Å²) in [6.07, 6.45) is 1.92. The first kappa shape index (κ1) is 44.9. The Hall–Kier alpha value is -4.10. The quantitative estimate of drug-likeness (QED) is 0.112. The molecule has 0 spiro atoms. The van der Waals surface area contributed by atoms with Crippen molar-refractivity contribution in [2.24, 2.45) is 0 Å². The molecule has 9 rings (SSSR count). The molecule has 0 atom stereocenters. The van der Waals surface area contributed by atoms with Crippen molar-refractivity contribution in [2.45, 2.75) is 74.1 Å². The van der Waals surface area contributed by atoms with E-state index in [-0.39, 0.29) is 20.1 Å². The van der Waals surface area contributed by atoms with E-state index < -0.39 is 26.5 Å². The minimum absolute atomic E-state index is 0. The Kier molecular flexibility index (Phi) is 13.5. The molecular weight excluding hydrogens is 1060 g/mol. The van der Waals surface area contributed by atoms with Crippen LogP contribution in [0.4, 0.5) is 0 Å². The summed E-state index contributed by atoms with van der Waals surface area (Å²) in [6, 6.07) is 55.1. The zero-order chi connectivity index (χ0) is 42.3. The normalized spacial score (nSPS) is 11.9. The van der Waals surface area contributed by atoms with Gasteiger partial charge >= 0.3 is 300 Å². The minimum Gasteiger partial charge on any atom is 0 e. The zero-order valence-electron chi connectivity index (χ0n) is 37.0. The SMILES string of the molecule is CC(C)c1cc(-c2ccccc2)cc(C(C)C)c1-n1c(-c2[c-]cc3sc4c[c]([Ge]([CH3])([CH3])[CH3])ccc4c3c2)nc2ccccc21.[CH3][Ge]([CH3])([CH3])[c]1ccnc(-c2[c-]cccc2)c1.[Ir]. The van der Waals surface area contributed by atoms with Crippen LogP contribution in [-0.4, -0.2) is 41.1 Å². The molecule has 61 heavy (non-hydrogen) atoms. The Morgan fingerprint density at radius 1 is 0.590 bits per heavy atom. The molecule has 3 aromatic heterocycles. The van der Waals surface area contributed by atoms with Crippen LogP contribution in [0.15, 0.2) is 140 Å². The second-order valence-electron chi connectivity index (χ2n) is 18.6. The molecule has 0 aliphatic carbocycles. The van der Waals surface area contributed by atoms with Crippen LogP contribution in [0, 0.1) is 12.1 Å². The van der Waals surface area contributed by atoms with Crippen LogP contribution < -0.4 is 8.79 Å². The van der Waals surface area contributed by atoms with Crippen molar-refractivity contribution >= 4 is 77.9 Å². The predicted octanol–water partition coefficient (Wildman–Crippen LogP) is 14.4. The van der Waals surface area contributed by atoms with Gasteiger partial charge in [0.15, 0.2) is 0 Å². The molecule has 6 aromatic carbocycles. The van der Waals surface area contributed by atoms with Crippen molar-refractivity contribution in [3.8, 4) is 39.5 Å². The van der Waals surface area contributed by atoms with E-state index >= 15 is 0 Å². The van der Waals surface area contributed by atoms with Crippen LogP contribution in [0.2, 0.25) is 34.5 Å². The maximum atomic E-state index is 5.30. The van der Waals surface area contributed by atoms with Gasteiger partial charge in [0.25, 0.3) is 0 Å². The number of benzene rings is 6. The molecule has 0 aliphatic rings. The Morgan fingerprint density at radius 3 is 1.90 bits per heavy atom. The molecule has 0 unspecified atom stereocenters. The number of nitrogens with zero attached hydrogens (tertiary/aromatic N) is 3. The molecule has 0 bridgehead atoms.